The van der Waals surface area contributed by atoms with Crippen molar-refractivity contribution >= 4 is 11.6 Å². The van der Waals surface area contributed by atoms with Gasteiger partial charge in [-0.15, -0.1) is 0 Å². The number of hydrogen-bond donors (Lipinski definition) is 1. The van der Waals surface area contributed by atoms with E-state index in [-0.39, 0.29) is 17.9 Å². The van der Waals surface area contributed by atoms with Crippen LogP contribution in [0, 0.1) is 5.82 Å². The molecule has 0 spiro atoms. The third kappa shape index (κ3) is 3.62. The van der Waals surface area contributed by atoms with Gasteiger partial charge in [0, 0.05) is 29.2 Å². The molecule has 0 bridgehead atoms. The Morgan fingerprint density at radius 2 is 1.76 bits per heavy atom. The van der Waals surface area contributed by atoms with Crippen LogP contribution < -0.4 is 5.73 Å². The van der Waals surface area contributed by atoms with Crippen LogP contribution >= 0.6 is 11.6 Å². The summed E-state index contributed by atoms with van der Waals surface area (Å²) in [5.41, 5.74) is 7.68. The van der Waals surface area contributed by atoms with Crippen LogP contribution in [0.15, 0.2) is 48.5 Å². The molecule has 2 nitrogen and oxygen atoms in total. The third-order valence-electron chi connectivity index (χ3n) is 3.94. The van der Waals surface area contributed by atoms with Gasteiger partial charge in [-0.1, -0.05) is 41.9 Å². The molecule has 0 radical (unpaired) electrons. The molecule has 2 rings (SSSR count). The van der Waals surface area contributed by atoms with Crippen LogP contribution in [0.5, 0.6) is 0 Å². The Morgan fingerprint density at radius 3 is 2.33 bits per heavy atom. The minimum Gasteiger partial charge on any atom is -0.329 e. The first-order valence-corrected chi connectivity index (χ1v) is 7.34. The van der Waals surface area contributed by atoms with Gasteiger partial charge in [-0.2, -0.15) is 0 Å². The second-order valence-corrected chi connectivity index (χ2v) is 5.60. The van der Waals surface area contributed by atoms with E-state index in [1.54, 1.807) is 6.07 Å². The molecule has 2 aromatic carbocycles. The molecule has 0 saturated heterocycles. The molecule has 0 aliphatic carbocycles. The molecule has 0 fully saturated rings. The van der Waals surface area contributed by atoms with Crippen molar-refractivity contribution in [3.8, 4) is 0 Å². The predicted octanol–water partition coefficient (Wildman–Crippen LogP) is 4.17. The van der Waals surface area contributed by atoms with Crippen molar-refractivity contribution < 1.29 is 4.39 Å². The molecule has 21 heavy (non-hydrogen) atoms. The third-order valence-corrected chi connectivity index (χ3v) is 4.19. The van der Waals surface area contributed by atoms with Gasteiger partial charge in [0.1, 0.15) is 5.82 Å². The highest BCUT2D eigenvalue weighted by Gasteiger charge is 2.23. The number of likely N-dealkylation sites (N-methyl/N-ethyl adjacent to an activating group) is 1. The van der Waals surface area contributed by atoms with E-state index in [2.05, 4.69) is 4.90 Å². The van der Waals surface area contributed by atoms with Gasteiger partial charge in [0.25, 0.3) is 0 Å². The molecule has 2 atom stereocenters. The van der Waals surface area contributed by atoms with Crippen LogP contribution in [0.25, 0.3) is 0 Å². The summed E-state index contributed by atoms with van der Waals surface area (Å²) in [6.45, 7) is 2.44. The number of nitrogens with two attached hydrogens (primary N) is 1. The second-order valence-electron chi connectivity index (χ2n) is 5.17. The summed E-state index contributed by atoms with van der Waals surface area (Å²) in [6.07, 6.45) is 0. The smallest absolute Gasteiger partial charge is 0.127 e. The minimum absolute atomic E-state index is 0.0110. The Balaban J connectivity index is 2.25. The average Bonchev–Trinajstić information content (AvgIpc) is 2.49. The van der Waals surface area contributed by atoms with Crippen LogP contribution in [0.1, 0.15) is 30.1 Å². The van der Waals surface area contributed by atoms with E-state index in [9.17, 15) is 4.39 Å². The topological polar surface area (TPSA) is 29.3 Å². The molecule has 0 aliphatic rings. The van der Waals surface area contributed by atoms with Gasteiger partial charge >= 0.3 is 0 Å². The van der Waals surface area contributed by atoms with Gasteiger partial charge in [0.05, 0.1) is 0 Å². The minimum atomic E-state index is -0.191. The summed E-state index contributed by atoms with van der Waals surface area (Å²) in [5, 5.41) is 0.694. The highest BCUT2D eigenvalue weighted by atomic mass is 35.5. The van der Waals surface area contributed by atoms with E-state index in [4.69, 9.17) is 17.3 Å². The lowest BCUT2D eigenvalue weighted by atomic mass is 10.0. The summed E-state index contributed by atoms with van der Waals surface area (Å²) in [4.78, 5) is 2.08. The van der Waals surface area contributed by atoms with Crippen LogP contribution in [0.4, 0.5) is 4.39 Å². The van der Waals surface area contributed by atoms with Crippen LogP contribution in [0.3, 0.4) is 0 Å². The number of hydrogen-bond acceptors (Lipinski definition) is 2. The Labute approximate surface area is 130 Å². The Hall–Kier alpha value is -1.42. The maximum atomic E-state index is 13.9. The Bertz CT molecular complexity index is 586. The first kappa shape index (κ1) is 16.0. The number of benzene rings is 2. The average molecular weight is 307 g/mol. The predicted molar refractivity (Wildman–Crippen MR) is 85.8 cm³/mol. The maximum Gasteiger partial charge on any atom is 0.127 e. The molecule has 2 N–H and O–H groups in total. The van der Waals surface area contributed by atoms with Gasteiger partial charge < -0.3 is 5.73 Å². The van der Waals surface area contributed by atoms with Crippen molar-refractivity contribution in [3.05, 3.63) is 70.5 Å². The van der Waals surface area contributed by atoms with E-state index in [1.807, 2.05) is 50.4 Å². The first-order chi connectivity index (χ1) is 10.0. The summed E-state index contributed by atoms with van der Waals surface area (Å²) in [7, 11) is 1.96. The summed E-state index contributed by atoms with van der Waals surface area (Å²) in [5.74, 6) is -0.191. The Kier molecular flexibility index (Phi) is 5.34. The number of rotatable bonds is 5. The number of halogens is 2. The van der Waals surface area contributed by atoms with E-state index >= 15 is 0 Å². The van der Waals surface area contributed by atoms with Crippen molar-refractivity contribution in [1.29, 1.82) is 0 Å². The lowest BCUT2D eigenvalue weighted by Gasteiger charge is -2.33. The van der Waals surface area contributed by atoms with E-state index < -0.39 is 0 Å². The van der Waals surface area contributed by atoms with E-state index in [0.717, 1.165) is 5.56 Å². The molecule has 2 aromatic rings. The van der Waals surface area contributed by atoms with Crippen molar-refractivity contribution in [2.75, 3.05) is 13.6 Å². The van der Waals surface area contributed by atoms with Gasteiger partial charge in [0.2, 0.25) is 0 Å². The fourth-order valence-corrected chi connectivity index (χ4v) is 2.65. The standard InChI is InChI=1S/C17H20ClFN2/c1-12(15-5-3-4-6-16(15)19)21(2)17(11-20)13-7-9-14(18)10-8-13/h3-10,12,17H,11,20H2,1-2H3. The monoisotopic (exact) mass is 306 g/mol. The zero-order valence-corrected chi connectivity index (χ0v) is 13.0. The largest absolute Gasteiger partial charge is 0.329 e. The fourth-order valence-electron chi connectivity index (χ4n) is 2.53. The SMILES string of the molecule is CC(c1ccccc1F)N(C)C(CN)c1ccc(Cl)cc1. The molecule has 0 saturated carbocycles. The van der Waals surface area contributed by atoms with Gasteiger partial charge in [-0.3, -0.25) is 4.90 Å². The maximum absolute atomic E-state index is 13.9. The normalized spacial score (nSPS) is 14.2. The summed E-state index contributed by atoms with van der Waals surface area (Å²) >= 11 is 5.92. The number of nitrogens with zero attached hydrogens (tertiary/aromatic N) is 1. The van der Waals surface area contributed by atoms with Gasteiger partial charge in [-0.25, -0.2) is 4.39 Å². The van der Waals surface area contributed by atoms with Crippen molar-refractivity contribution in [2.24, 2.45) is 5.73 Å². The lowest BCUT2D eigenvalue weighted by molar-refractivity contribution is 0.187. The van der Waals surface area contributed by atoms with Gasteiger partial charge in [0.15, 0.2) is 0 Å². The molecule has 4 heteroatoms. The molecule has 0 heterocycles. The van der Waals surface area contributed by atoms with Gasteiger partial charge in [-0.05, 0) is 37.7 Å². The zero-order valence-electron chi connectivity index (χ0n) is 12.3. The Morgan fingerprint density at radius 1 is 1.14 bits per heavy atom. The summed E-state index contributed by atoms with van der Waals surface area (Å²) in [6, 6.07) is 14.4. The molecule has 2 unspecified atom stereocenters. The molecular weight excluding hydrogens is 287 g/mol. The van der Waals surface area contributed by atoms with Crippen molar-refractivity contribution in [2.45, 2.75) is 19.0 Å². The molecule has 112 valence electrons. The van der Waals surface area contributed by atoms with Crippen LogP contribution in [0.2, 0.25) is 5.02 Å². The molecule has 0 aliphatic heterocycles. The molecule has 0 aromatic heterocycles. The highest BCUT2D eigenvalue weighted by molar-refractivity contribution is 6.30. The first-order valence-electron chi connectivity index (χ1n) is 6.96. The quantitative estimate of drug-likeness (QED) is 0.898. The van der Waals surface area contributed by atoms with E-state index in [1.165, 1.54) is 6.07 Å². The highest BCUT2D eigenvalue weighted by Crippen LogP contribution is 2.30. The summed E-state index contributed by atoms with van der Waals surface area (Å²) < 4.78 is 13.9. The van der Waals surface area contributed by atoms with Crippen LogP contribution in [-0.2, 0) is 0 Å². The van der Waals surface area contributed by atoms with Crippen LogP contribution in [-0.4, -0.2) is 18.5 Å². The lowest BCUT2D eigenvalue weighted by Crippen LogP contribution is -2.33. The van der Waals surface area contributed by atoms with Crippen molar-refractivity contribution in [1.82, 2.24) is 4.90 Å². The zero-order chi connectivity index (χ0) is 15.4. The molecular formula is C17H20ClFN2. The van der Waals surface area contributed by atoms with Crippen molar-refractivity contribution in [3.63, 3.8) is 0 Å². The fraction of sp³-hybridized carbons (Fsp3) is 0.294. The molecule has 0 amide bonds. The second kappa shape index (κ2) is 7.03. The van der Waals surface area contributed by atoms with E-state index in [0.29, 0.717) is 17.1 Å².